The lowest BCUT2D eigenvalue weighted by Gasteiger charge is -2.36. The van der Waals surface area contributed by atoms with Gasteiger partial charge in [-0.3, -0.25) is 9.69 Å². The number of para-hydroxylation sites is 1. The van der Waals surface area contributed by atoms with E-state index in [1.165, 1.54) is 22.3 Å². The smallest absolute Gasteiger partial charge is 0.251 e. The minimum Gasteiger partial charge on any atom is -0.368 e. The van der Waals surface area contributed by atoms with E-state index in [1.54, 1.807) is 0 Å². The second-order valence-corrected chi connectivity index (χ2v) is 9.36. The third-order valence-electron chi connectivity index (χ3n) is 6.81. The Bertz CT molecular complexity index is 1140. The Morgan fingerprint density at radius 2 is 1.61 bits per heavy atom. The van der Waals surface area contributed by atoms with E-state index in [9.17, 15) is 4.79 Å². The van der Waals surface area contributed by atoms with E-state index in [0.29, 0.717) is 0 Å². The number of carbonyl (C=O) groups is 1. The molecule has 1 fully saturated rings. The Hall–Kier alpha value is -2.82. The standard InChI is InChI=1S/C28H30ClN3O/c29-26-9-3-4-10-27(26)32-17-15-31(16-18-32)14-6-5-13-30-28(33)22-11-12-25-23(20-22)19-21-7-1-2-8-24(21)25/h1-4,7-12,20H,5-6,13-19H2,(H,30,33). The van der Waals surface area contributed by atoms with Gasteiger partial charge in [-0.2, -0.15) is 0 Å². The van der Waals surface area contributed by atoms with Crippen molar-refractivity contribution in [2.75, 3.05) is 44.2 Å². The number of fused-ring (bicyclic) bond motifs is 3. The molecule has 0 saturated carbocycles. The average molecular weight is 460 g/mol. The summed E-state index contributed by atoms with van der Waals surface area (Å²) >= 11 is 6.34. The molecule has 0 radical (unpaired) electrons. The molecule has 0 spiro atoms. The van der Waals surface area contributed by atoms with Crippen molar-refractivity contribution in [2.24, 2.45) is 0 Å². The van der Waals surface area contributed by atoms with Crippen LogP contribution in [0.25, 0.3) is 11.1 Å². The topological polar surface area (TPSA) is 35.6 Å². The van der Waals surface area contributed by atoms with Crippen molar-refractivity contribution in [2.45, 2.75) is 19.3 Å². The largest absolute Gasteiger partial charge is 0.368 e. The van der Waals surface area contributed by atoms with Crippen molar-refractivity contribution in [3.05, 3.63) is 88.4 Å². The molecule has 0 unspecified atom stereocenters. The second-order valence-electron chi connectivity index (χ2n) is 8.95. The molecule has 1 N–H and O–H groups in total. The summed E-state index contributed by atoms with van der Waals surface area (Å²) in [4.78, 5) is 17.5. The molecule has 0 atom stereocenters. The number of piperazine rings is 1. The molecule has 4 nitrogen and oxygen atoms in total. The van der Waals surface area contributed by atoms with Crippen LogP contribution < -0.4 is 10.2 Å². The van der Waals surface area contributed by atoms with E-state index in [0.717, 1.165) is 74.8 Å². The number of nitrogens with one attached hydrogen (secondary N) is 1. The zero-order valence-corrected chi connectivity index (χ0v) is 19.7. The highest BCUT2D eigenvalue weighted by Gasteiger charge is 2.20. The normalized spacial score (nSPS) is 15.2. The van der Waals surface area contributed by atoms with Gasteiger partial charge in [-0.25, -0.2) is 0 Å². The number of benzene rings is 3. The Balaban J connectivity index is 1.03. The van der Waals surface area contributed by atoms with Crippen LogP contribution >= 0.6 is 11.6 Å². The molecule has 1 saturated heterocycles. The molecule has 1 amide bonds. The first kappa shape index (κ1) is 22.0. The highest BCUT2D eigenvalue weighted by Crippen LogP contribution is 2.36. The maximum Gasteiger partial charge on any atom is 0.251 e. The van der Waals surface area contributed by atoms with Crippen molar-refractivity contribution in [1.29, 1.82) is 0 Å². The van der Waals surface area contributed by atoms with Gasteiger partial charge in [0.05, 0.1) is 10.7 Å². The van der Waals surface area contributed by atoms with Gasteiger partial charge in [-0.05, 0) is 72.3 Å². The molecule has 3 aromatic carbocycles. The van der Waals surface area contributed by atoms with Crippen LogP contribution in [0.1, 0.15) is 34.3 Å². The third-order valence-corrected chi connectivity index (χ3v) is 7.13. The fourth-order valence-electron chi connectivity index (χ4n) is 4.97. The summed E-state index contributed by atoms with van der Waals surface area (Å²) in [5.41, 5.74) is 7.05. The fraction of sp³-hybridized carbons (Fsp3) is 0.321. The molecule has 2 aliphatic rings. The maximum atomic E-state index is 12.6. The Kier molecular flexibility index (Phi) is 6.65. The fourth-order valence-corrected chi connectivity index (χ4v) is 5.23. The van der Waals surface area contributed by atoms with Crippen LogP contribution in [0.2, 0.25) is 5.02 Å². The van der Waals surface area contributed by atoms with Crippen molar-refractivity contribution in [3.8, 4) is 11.1 Å². The summed E-state index contributed by atoms with van der Waals surface area (Å²) in [5.74, 6) is 0.0297. The van der Waals surface area contributed by atoms with Gasteiger partial charge >= 0.3 is 0 Å². The van der Waals surface area contributed by atoms with Gasteiger partial charge in [0.1, 0.15) is 0 Å². The molecule has 0 bridgehead atoms. The minimum atomic E-state index is 0.0297. The monoisotopic (exact) mass is 459 g/mol. The molecule has 5 rings (SSSR count). The predicted octanol–water partition coefficient (Wildman–Crippen LogP) is 5.24. The predicted molar refractivity (Wildman–Crippen MR) is 136 cm³/mol. The van der Waals surface area contributed by atoms with Crippen LogP contribution in [-0.4, -0.2) is 50.1 Å². The number of carbonyl (C=O) groups excluding carboxylic acids is 1. The van der Waals surface area contributed by atoms with Crippen molar-refractivity contribution < 1.29 is 4.79 Å². The van der Waals surface area contributed by atoms with Crippen molar-refractivity contribution >= 4 is 23.2 Å². The van der Waals surface area contributed by atoms with Gasteiger partial charge in [0.15, 0.2) is 0 Å². The zero-order chi connectivity index (χ0) is 22.6. The number of nitrogens with zero attached hydrogens (tertiary/aromatic N) is 2. The number of hydrogen-bond donors (Lipinski definition) is 1. The SMILES string of the molecule is O=C(NCCCCN1CCN(c2ccccc2Cl)CC1)c1ccc2c(c1)Cc1ccccc1-2. The number of amides is 1. The number of halogens is 1. The molecule has 33 heavy (non-hydrogen) atoms. The first-order valence-corrected chi connectivity index (χ1v) is 12.3. The number of unbranched alkanes of at least 4 members (excludes halogenated alkanes) is 1. The van der Waals surface area contributed by atoms with Crippen molar-refractivity contribution in [1.82, 2.24) is 10.2 Å². The third kappa shape index (κ3) is 4.92. The second kappa shape index (κ2) is 9.98. The lowest BCUT2D eigenvalue weighted by atomic mass is 10.0. The highest BCUT2D eigenvalue weighted by atomic mass is 35.5. The number of hydrogen-bond acceptors (Lipinski definition) is 3. The molecule has 170 valence electrons. The summed E-state index contributed by atoms with van der Waals surface area (Å²) in [6, 6.07) is 22.7. The molecule has 1 aliphatic carbocycles. The van der Waals surface area contributed by atoms with E-state index >= 15 is 0 Å². The van der Waals surface area contributed by atoms with E-state index < -0.39 is 0 Å². The lowest BCUT2D eigenvalue weighted by Crippen LogP contribution is -2.46. The van der Waals surface area contributed by atoms with Crippen LogP contribution in [-0.2, 0) is 6.42 Å². The van der Waals surface area contributed by atoms with Crippen LogP contribution in [0.3, 0.4) is 0 Å². The first-order chi connectivity index (χ1) is 16.2. The van der Waals surface area contributed by atoms with Crippen LogP contribution in [0.4, 0.5) is 5.69 Å². The molecule has 1 heterocycles. The van der Waals surface area contributed by atoms with Gasteiger partial charge in [0, 0.05) is 38.3 Å². The van der Waals surface area contributed by atoms with E-state index in [4.69, 9.17) is 11.6 Å². The summed E-state index contributed by atoms with van der Waals surface area (Å²) in [7, 11) is 0. The van der Waals surface area contributed by atoms with E-state index in [2.05, 4.69) is 57.6 Å². The van der Waals surface area contributed by atoms with Gasteiger partial charge in [-0.15, -0.1) is 0 Å². The summed E-state index contributed by atoms with van der Waals surface area (Å²) in [5, 5.41) is 3.93. The van der Waals surface area contributed by atoms with Crippen molar-refractivity contribution in [3.63, 3.8) is 0 Å². The molecular weight excluding hydrogens is 430 g/mol. The number of rotatable bonds is 7. The van der Waals surface area contributed by atoms with Gasteiger partial charge < -0.3 is 10.2 Å². The molecule has 5 heteroatoms. The molecule has 3 aromatic rings. The summed E-state index contributed by atoms with van der Waals surface area (Å²) in [6.45, 7) is 5.90. The van der Waals surface area contributed by atoms with Gasteiger partial charge in [-0.1, -0.05) is 54.1 Å². The Morgan fingerprint density at radius 1 is 0.848 bits per heavy atom. The first-order valence-electron chi connectivity index (χ1n) is 11.9. The molecule has 0 aromatic heterocycles. The minimum absolute atomic E-state index is 0.0297. The highest BCUT2D eigenvalue weighted by molar-refractivity contribution is 6.33. The van der Waals surface area contributed by atoms with Gasteiger partial charge in [0.2, 0.25) is 0 Å². The average Bonchev–Trinajstić information content (AvgIpc) is 3.22. The zero-order valence-electron chi connectivity index (χ0n) is 18.9. The van der Waals surface area contributed by atoms with Crippen LogP contribution in [0.5, 0.6) is 0 Å². The van der Waals surface area contributed by atoms with Crippen LogP contribution in [0, 0.1) is 0 Å². The molecule has 1 aliphatic heterocycles. The molecular formula is C28H30ClN3O. The Morgan fingerprint density at radius 3 is 2.45 bits per heavy atom. The maximum absolute atomic E-state index is 12.6. The van der Waals surface area contributed by atoms with E-state index in [1.807, 2.05) is 24.3 Å². The lowest BCUT2D eigenvalue weighted by molar-refractivity contribution is 0.0952. The quantitative estimate of drug-likeness (QED) is 0.384. The van der Waals surface area contributed by atoms with Crippen LogP contribution in [0.15, 0.2) is 66.7 Å². The van der Waals surface area contributed by atoms with Gasteiger partial charge in [0.25, 0.3) is 5.91 Å². The Labute approximate surface area is 201 Å². The number of anilines is 1. The summed E-state index contributed by atoms with van der Waals surface area (Å²) in [6.07, 6.45) is 3.00. The van der Waals surface area contributed by atoms with E-state index in [-0.39, 0.29) is 5.91 Å². The summed E-state index contributed by atoms with van der Waals surface area (Å²) < 4.78 is 0.